The minimum absolute atomic E-state index is 0.197. The third-order valence-corrected chi connectivity index (χ3v) is 6.67. The minimum atomic E-state index is -0.650. The molecule has 6 nitrogen and oxygen atoms in total. The molecule has 1 fully saturated rings. The van der Waals surface area contributed by atoms with Gasteiger partial charge in [0.1, 0.15) is 12.4 Å². The molecule has 0 aromatic heterocycles. The van der Waals surface area contributed by atoms with Crippen LogP contribution in [0.2, 0.25) is 10.0 Å². The molecule has 3 aromatic rings. The first-order valence-corrected chi connectivity index (χ1v) is 11.9. The number of thioether (sulfide) groups is 1. The topological polar surface area (TPSA) is 70.7 Å². The summed E-state index contributed by atoms with van der Waals surface area (Å²) in [4.78, 5) is 25.7. The molecule has 0 aliphatic carbocycles. The molecule has 1 heterocycles. The highest BCUT2D eigenvalue weighted by Gasteiger charge is 2.34. The number of rotatable bonds is 6. The molecule has 0 bridgehead atoms. The van der Waals surface area contributed by atoms with Crippen molar-refractivity contribution in [3.8, 4) is 5.75 Å². The number of carbonyl (C=O) groups excluding carboxylic acids is 2. The van der Waals surface area contributed by atoms with Crippen LogP contribution < -0.4 is 15.5 Å². The fourth-order valence-corrected chi connectivity index (χ4v) is 4.47. The second kappa shape index (κ2) is 10.9. The Labute approximate surface area is 215 Å². The van der Waals surface area contributed by atoms with Crippen LogP contribution in [-0.4, -0.2) is 21.3 Å². The van der Waals surface area contributed by atoms with Gasteiger partial charge in [-0.1, -0.05) is 83.5 Å². The van der Waals surface area contributed by atoms with Gasteiger partial charge in [-0.25, -0.2) is 10.2 Å². The average Bonchev–Trinajstić information content (AvgIpc) is 3.09. The van der Waals surface area contributed by atoms with Crippen molar-refractivity contribution in [3.63, 3.8) is 0 Å². The van der Waals surface area contributed by atoms with Crippen LogP contribution in [0.25, 0.3) is 6.08 Å². The van der Waals surface area contributed by atoms with Crippen molar-refractivity contribution in [2.75, 3.05) is 5.32 Å². The lowest BCUT2D eigenvalue weighted by Gasteiger charge is -2.16. The van der Waals surface area contributed by atoms with Gasteiger partial charge in [0.25, 0.3) is 5.91 Å². The summed E-state index contributed by atoms with van der Waals surface area (Å²) in [6, 6.07) is 21.2. The molecule has 1 aliphatic rings. The third-order valence-electron chi connectivity index (χ3n) is 4.63. The quantitative estimate of drug-likeness (QED) is 0.281. The first kappa shape index (κ1) is 24.1. The van der Waals surface area contributed by atoms with Gasteiger partial charge >= 0.3 is 6.03 Å². The first-order valence-electron chi connectivity index (χ1n) is 9.97. The zero-order chi connectivity index (χ0) is 24.1. The van der Waals surface area contributed by atoms with Crippen molar-refractivity contribution in [1.29, 1.82) is 0 Å². The standard InChI is InChI=1S/C24H17Cl2N3O3S2/c25-18-11-10-17(13-19(18)26)27-23(31)28-29-22(30)21(34-24(29)33)12-16-8-4-5-9-20(16)32-14-15-6-2-1-3-7-15/h1-13H,14H2,(H2,27,28,31)/b21-12+. The Morgan fingerprint density at radius 2 is 1.76 bits per heavy atom. The number of nitrogens with one attached hydrogen (secondary N) is 2. The molecule has 3 aromatic carbocycles. The normalized spacial score (nSPS) is 14.4. The molecule has 2 N–H and O–H groups in total. The summed E-state index contributed by atoms with van der Waals surface area (Å²) < 4.78 is 6.16. The number of hydrazine groups is 1. The van der Waals surface area contributed by atoms with Crippen LogP contribution >= 0.6 is 47.2 Å². The van der Waals surface area contributed by atoms with Crippen LogP contribution in [-0.2, 0) is 11.4 Å². The number of benzene rings is 3. The predicted molar refractivity (Wildman–Crippen MR) is 141 cm³/mol. The average molecular weight is 530 g/mol. The van der Waals surface area contributed by atoms with Gasteiger partial charge in [0.2, 0.25) is 0 Å². The summed E-state index contributed by atoms with van der Waals surface area (Å²) >= 11 is 18.2. The highest BCUT2D eigenvalue weighted by atomic mass is 35.5. The molecule has 0 unspecified atom stereocenters. The number of anilines is 1. The van der Waals surface area contributed by atoms with Crippen LogP contribution in [0.4, 0.5) is 10.5 Å². The lowest BCUT2D eigenvalue weighted by Crippen LogP contribution is -2.46. The Morgan fingerprint density at radius 1 is 1.03 bits per heavy atom. The molecule has 0 spiro atoms. The molecule has 0 radical (unpaired) electrons. The Kier molecular flexibility index (Phi) is 7.74. The maximum atomic E-state index is 12.9. The molecule has 3 amide bonds. The van der Waals surface area contributed by atoms with Gasteiger partial charge in [-0.3, -0.25) is 4.79 Å². The van der Waals surface area contributed by atoms with Gasteiger partial charge in [0, 0.05) is 11.3 Å². The highest BCUT2D eigenvalue weighted by Crippen LogP contribution is 2.33. The summed E-state index contributed by atoms with van der Waals surface area (Å²) in [7, 11) is 0. The number of amides is 3. The van der Waals surface area contributed by atoms with E-state index in [2.05, 4.69) is 10.7 Å². The number of ether oxygens (including phenoxy) is 1. The summed E-state index contributed by atoms with van der Waals surface area (Å²) in [6.07, 6.45) is 1.69. The molecule has 0 saturated carbocycles. The van der Waals surface area contributed by atoms with Gasteiger partial charge < -0.3 is 10.1 Å². The first-order chi connectivity index (χ1) is 16.4. The molecule has 10 heteroatoms. The second-order valence-electron chi connectivity index (χ2n) is 7.02. The number of urea groups is 1. The summed E-state index contributed by atoms with van der Waals surface area (Å²) in [5.74, 6) is 0.180. The van der Waals surface area contributed by atoms with E-state index in [1.54, 1.807) is 18.2 Å². The lowest BCUT2D eigenvalue weighted by molar-refractivity contribution is -0.123. The van der Waals surface area contributed by atoms with Crippen LogP contribution in [0.3, 0.4) is 0 Å². The van der Waals surface area contributed by atoms with E-state index in [9.17, 15) is 9.59 Å². The third kappa shape index (κ3) is 5.90. The van der Waals surface area contributed by atoms with Crippen LogP contribution in [0.5, 0.6) is 5.75 Å². The molecule has 1 aliphatic heterocycles. The van der Waals surface area contributed by atoms with E-state index in [1.807, 2.05) is 54.6 Å². The van der Waals surface area contributed by atoms with Crippen molar-refractivity contribution < 1.29 is 14.3 Å². The number of para-hydroxylation sites is 1. The number of carbonyl (C=O) groups is 2. The summed E-state index contributed by atoms with van der Waals surface area (Å²) in [5, 5.41) is 4.26. The van der Waals surface area contributed by atoms with E-state index < -0.39 is 11.9 Å². The number of halogens is 2. The van der Waals surface area contributed by atoms with Crippen molar-refractivity contribution in [3.05, 3.63) is 98.9 Å². The van der Waals surface area contributed by atoms with Crippen LogP contribution in [0, 0.1) is 0 Å². The lowest BCUT2D eigenvalue weighted by atomic mass is 10.2. The highest BCUT2D eigenvalue weighted by molar-refractivity contribution is 8.26. The van der Waals surface area contributed by atoms with Crippen LogP contribution in [0.15, 0.2) is 77.7 Å². The maximum absolute atomic E-state index is 12.9. The van der Waals surface area contributed by atoms with Crippen molar-refractivity contribution >= 4 is 75.2 Å². The zero-order valence-electron chi connectivity index (χ0n) is 17.5. The summed E-state index contributed by atoms with van der Waals surface area (Å²) in [6.45, 7) is 0.392. The Hall–Kier alpha value is -3.04. The molecular formula is C24H17Cl2N3O3S2. The smallest absolute Gasteiger partial charge is 0.338 e. The van der Waals surface area contributed by atoms with Crippen LogP contribution in [0.1, 0.15) is 11.1 Å². The Balaban J connectivity index is 1.44. The number of hydrogen-bond donors (Lipinski definition) is 2. The van der Waals surface area contributed by atoms with Gasteiger partial charge in [-0.15, -0.1) is 0 Å². The predicted octanol–water partition coefficient (Wildman–Crippen LogP) is 6.51. The number of hydrogen-bond acceptors (Lipinski definition) is 5. The Morgan fingerprint density at radius 3 is 2.53 bits per heavy atom. The SMILES string of the molecule is O=C(Nc1ccc(Cl)c(Cl)c1)NN1C(=O)/C(=C\c2ccccc2OCc2ccccc2)SC1=S. The maximum Gasteiger partial charge on any atom is 0.338 e. The molecule has 1 saturated heterocycles. The van der Waals surface area contributed by atoms with Gasteiger partial charge in [0.15, 0.2) is 4.32 Å². The van der Waals surface area contributed by atoms with Gasteiger partial charge in [0.05, 0.1) is 15.0 Å². The molecular weight excluding hydrogens is 513 g/mol. The zero-order valence-corrected chi connectivity index (χ0v) is 20.6. The van der Waals surface area contributed by atoms with E-state index in [0.29, 0.717) is 33.0 Å². The van der Waals surface area contributed by atoms with E-state index >= 15 is 0 Å². The molecule has 34 heavy (non-hydrogen) atoms. The van der Waals surface area contributed by atoms with Crippen molar-refractivity contribution in [1.82, 2.24) is 10.4 Å². The second-order valence-corrected chi connectivity index (χ2v) is 9.51. The van der Waals surface area contributed by atoms with E-state index in [4.69, 9.17) is 40.2 Å². The van der Waals surface area contributed by atoms with E-state index in [1.165, 1.54) is 6.07 Å². The van der Waals surface area contributed by atoms with Gasteiger partial charge in [-0.2, -0.15) is 5.01 Å². The minimum Gasteiger partial charge on any atom is -0.488 e. The van der Waals surface area contributed by atoms with Crippen molar-refractivity contribution in [2.45, 2.75) is 6.61 Å². The number of thiocarbonyl (C=S) groups is 1. The van der Waals surface area contributed by atoms with Gasteiger partial charge in [-0.05, 0) is 48.1 Å². The molecule has 4 rings (SSSR count). The van der Waals surface area contributed by atoms with E-state index in [-0.39, 0.29) is 4.32 Å². The fourth-order valence-electron chi connectivity index (χ4n) is 3.01. The van der Waals surface area contributed by atoms with Crippen molar-refractivity contribution in [2.24, 2.45) is 0 Å². The largest absolute Gasteiger partial charge is 0.488 e. The number of nitrogens with zero attached hydrogens (tertiary/aromatic N) is 1. The fraction of sp³-hybridized carbons (Fsp3) is 0.0417. The van der Waals surface area contributed by atoms with E-state index in [0.717, 1.165) is 27.9 Å². The summed E-state index contributed by atoms with van der Waals surface area (Å²) in [5.41, 5.74) is 4.63. The Bertz CT molecular complexity index is 1290. The molecule has 172 valence electrons. The molecule has 0 atom stereocenters. The monoisotopic (exact) mass is 529 g/mol.